The van der Waals surface area contributed by atoms with Crippen LogP contribution in [0.5, 0.6) is 11.5 Å². The summed E-state index contributed by atoms with van der Waals surface area (Å²) in [5.41, 5.74) is 0.983. The third kappa shape index (κ3) is 6.57. The van der Waals surface area contributed by atoms with Gasteiger partial charge >= 0.3 is 0 Å². The second-order valence-electron chi connectivity index (χ2n) is 5.97. The summed E-state index contributed by atoms with van der Waals surface area (Å²) < 4.78 is 10.9. The maximum Gasteiger partial charge on any atom is 0.227 e. The normalized spacial score (nSPS) is 15.9. The van der Waals surface area contributed by atoms with Crippen LogP contribution in [0.1, 0.15) is 5.56 Å². The van der Waals surface area contributed by atoms with Gasteiger partial charge in [-0.1, -0.05) is 12.1 Å². The zero-order chi connectivity index (χ0) is 17.5. The average Bonchev–Trinajstić information content (AvgIpc) is 2.68. The lowest BCUT2D eigenvalue weighted by Gasteiger charge is -2.36. The molecule has 1 saturated heterocycles. The van der Waals surface area contributed by atoms with Gasteiger partial charge in [-0.2, -0.15) is 0 Å². The van der Waals surface area contributed by atoms with Gasteiger partial charge in [-0.25, -0.2) is 0 Å². The predicted molar refractivity (Wildman–Crippen MR) is 109 cm³/mol. The van der Waals surface area contributed by atoms with Crippen LogP contribution in [0, 0.1) is 0 Å². The number of pyridine rings is 1. The van der Waals surface area contributed by atoms with Crippen LogP contribution in [-0.2, 0) is 11.2 Å². The molecule has 1 unspecified atom stereocenters. The highest BCUT2D eigenvalue weighted by Crippen LogP contribution is 2.15. The smallest absolute Gasteiger partial charge is 0.227 e. The lowest BCUT2D eigenvalue weighted by atomic mass is 10.1. The van der Waals surface area contributed by atoms with Crippen molar-refractivity contribution in [3.05, 3.63) is 54.4 Å². The van der Waals surface area contributed by atoms with E-state index in [4.69, 9.17) is 9.47 Å². The SMILES string of the molecule is COc1ccc(CC(=O)N2CCNCC2COc2cccnc2)cc1.Cl.Cl. The largest absolute Gasteiger partial charge is 0.497 e. The third-order valence-electron chi connectivity index (χ3n) is 4.26. The lowest BCUT2D eigenvalue weighted by Crippen LogP contribution is -2.56. The van der Waals surface area contributed by atoms with E-state index in [1.54, 1.807) is 19.5 Å². The number of aromatic nitrogens is 1. The number of ether oxygens (including phenoxy) is 2. The standard InChI is InChI=1S/C19H23N3O3.2ClH/c1-24-17-6-4-15(5-7-17)11-19(23)22-10-9-21-12-16(22)14-25-18-3-2-8-20-13-18;;/h2-8,13,16,21H,9-12,14H2,1H3;2*1H. The molecule has 0 spiro atoms. The Morgan fingerprint density at radius 2 is 2.00 bits per heavy atom. The summed E-state index contributed by atoms with van der Waals surface area (Å²) in [6.45, 7) is 2.68. The van der Waals surface area contributed by atoms with Gasteiger partial charge in [0, 0.05) is 25.8 Å². The van der Waals surface area contributed by atoms with Gasteiger partial charge in [-0.05, 0) is 29.8 Å². The van der Waals surface area contributed by atoms with E-state index in [1.165, 1.54) is 0 Å². The first kappa shape index (κ1) is 23.0. The highest BCUT2D eigenvalue weighted by molar-refractivity contribution is 5.85. The molecule has 2 aromatic rings. The number of amides is 1. The number of carbonyl (C=O) groups excluding carboxylic acids is 1. The van der Waals surface area contributed by atoms with E-state index in [-0.39, 0.29) is 36.8 Å². The number of benzene rings is 1. The molecule has 2 heterocycles. The summed E-state index contributed by atoms with van der Waals surface area (Å²) in [6, 6.07) is 11.3. The number of hydrogen-bond donors (Lipinski definition) is 1. The average molecular weight is 414 g/mol. The highest BCUT2D eigenvalue weighted by atomic mass is 35.5. The Bertz CT molecular complexity index is 686. The van der Waals surface area contributed by atoms with E-state index >= 15 is 0 Å². The summed E-state index contributed by atoms with van der Waals surface area (Å²) in [5.74, 6) is 1.63. The summed E-state index contributed by atoms with van der Waals surface area (Å²) in [7, 11) is 1.63. The predicted octanol–water partition coefficient (Wildman–Crippen LogP) is 2.36. The molecule has 0 aliphatic carbocycles. The fourth-order valence-electron chi connectivity index (χ4n) is 2.88. The molecule has 6 nitrogen and oxygen atoms in total. The van der Waals surface area contributed by atoms with E-state index in [0.29, 0.717) is 19.6 Å². The second kappa shape index (κ2) is 11.6. The van der Waals surface area contributed by atoms with E-state index in [0.717, 1.165) is 30.2 Å². The summed E-state index contributed by atoms with van der Waals surface area (Å²) >= 11 is 0. The third-order valence-corrected chi connectivity index (χ3v) is 4.26. The van der Waals surface area contributed by atoms with Crippen molar-refractivity contribution >= 4 is 30.7 Å². The number of carbonyl (C=O) groups is 1. The van der Waals surface area contributed by atoms with Crippen LogP contribution in [0.3, 0.4) is 0 Å². The second-order valence-corrected chi connectivity index (χ2v) is 5.97. The lowest BCUT2D eigenvalue weighted by molar-refractivity contribution is -0.134. The Morgan fingerprint density at radius 3 is 2.67 bits per heavy atom. The van der Waals surface area contributed by atoms with Gasteiger partial charge in [0.15, 0.2) is 0 Å². The molecular formula is C19H25Cl2N3O3. The first-order chi connectivity index (χ1) is 12.3. The molecule has 1 fully saturated rings. The van der Waals surface area contributed by atoms with Crippen molar-refractivity contribution in [1.82, 2.24) is 15.2 Å². The van der Waals surface area contributed by atoms with Crippen molar-refractivity contribution in [1.29, 1.82) is 0 Å². The van der Waals surface area contributed by atoms with Crippen LogP contribution in [0.2, 0.25) is 0 Å². The minimum atomic E-state index is 0. The fourth-order valence-corrected chi connectivity index (χ4v) is 2.88. The number of rotatable bonds is 6. The van der Waals surface area contributed by atoms with Gasteiger partial charge in [0.2, 0.25) is 5.91 Å². The van der Waals surface area contributed by atoms with Gasteiger partial charge in [0.1, 0.15) is 18.1 Å². The number of hydrogen-bond acceptors (Lipinski definition) is 5. The van der Waals surface area contributed by atoms with E-state index in [1.807, 2.05) is 41.3 Å². The van der Waals surface area contributed by atoms with Crippen molar-refractivity contribution < 1.29 is 14.3 Å². The minimum absolute atomic E-state index is 0. The van der Waals surface area contributed by atoms with Gasteiger partial charge in [0.05, 0.1) is 25.8 Å². The van der Waals surface area contributed by atoms with Crippen LogP contribution in [0.4, 0.5) is 0 Å². The van der Waals surface area contributed by atoms with Crippen LogP contribution >= 0.6 is 24.8 Å². The Morgan fingerprint density at radius 1 is 1.22 bits per heavy atom. The van der Waals surface area contributed by atoms with E-state index in [9.17, 15) is 4.79 Å². The summed E-state index contributed by atoms with van der Waals surface area (Å²) in [4.78, 5) is 18.7. The topological polar surface area (TPSA) is 63.7 Å². The van der Waals surface area contributed by atoms with Crippen molar-refractivity contribution in [3.8, 4) is 11.5 Å². The molecule has 0 radical (unpaired) electrons. The molecule has 1 aromatic carbocycles. The molecule has 3 rings (SSSR count). The van der Waals surface area contributed by atoms with Crippen molar-refractivity contribution in [2.24, 2.45) is 0 Å². The Labute approximate surface area is 172 Å². The Balaban J connectivity index is 0.00000182. The number of nitrogens with zero attached hydrogens (tertiary/aromatic N) is 2. The van der Waals surface area contributed by atoms with Gasteiger partial charge in [-0.3, -0.25) is 9.78 Å². The maximum atomic E-state index is 12.7. The number of piperazine rings is 1. The highest BCUT2D eigenvalue weighted by Gasteiger charge is 2.27. The number of nitrogens with one attached hydrogen (secondary N) is 1. The van der Waals surface area contributed by atoms with Gasteiger partial charge in [-0.15, -0.1) is 24.8 Å². The van der Waals surface area contributed by atoms with Gasteiger partial charge in [0.25, 0.3) is 0 Å². The first-order valence-electron chi connectivity index (χ1n) is 8.42. The van der Waals surface area contributed by atoms with E-state index < -0.39 is 0 Å². The van der Waals surface area contributed by atoms with Crippen molar-refractivity contribution in [2.45, 2.75) is 12.5 Å². The minimum Gasteiger partial charge on any atom is -0.497 e. The molecule has 1 aromatic heterocycles. The molecule has 0 bridgehead atoms. The number of methoxy groups -OCH3 is 1. The molecule has 0 saturated carbocycles. The van der Waals surface area contributed by atoms with Crippen LogP contribution in [-0.4, -0.2) is 55.2 Å². The maximum absolute atomic E-state index is 12.7. The van der Waals surface area contributed by atoms with Gasteiger partial charge < -0.3 is 19.7 Å². The van der Waals surface area contributed by atoms with E-state index in [2.05, 4.69) is 10.3 Å². The molecule has 1 N–H and O–H groups in total. The molecule has 27 heavy (non-hydrogen) atoms. The van der Waals surface area contributed by atoms with Crippen molar-refractivity contribution in [3.63, 3.8) is 0 Å². The Kier molecular flexibility index (Phi) is 9.93. The zero-order valence-corrected chi connectivity index (χ0v) is 16.8. The van der Waals surface area contributed by atoms with Crippen LogP contribution in [0.15, 0.2) is 48.8 Å². The molecule has 1 aliphatic heterocycles. The summed E-state index contributed by atoms with van der Waals surface area (Å²) in [6.07, 6.45) is 3.77. The molecule has 1 aliphatic rings. The first-order valence-corrected chi connectivity index (χ1v) is 8.42. The summed E-state index contributed by atoms with van der Waals surface area (Å²) in [5, 5.41) is 3.33. The quantitative estimate of drug-likeness (QED) is 0.787. The Hall–Kier alpha value is -2.02. The van der Waals surface area contributed by atoms with Crippen molar-refractivity contribution in [2.75, 3.05) is 33.4 Å². The molecule has 8 heteroatoms. The number of halogens is 2. The molecule has 1 amide bonds. The monoisotopic (exact) mass is 413 g/mol. The van der Waals surface area contributed by atoms with Crippen LogP contribution < -0.4 is 14.8 Å². The van der Waals surface area contributed by atoms with Crippen LogP contribution in [0.25, 0.3) is 0 Å². The molecule has 148 valence electrons. The molecular weight excluding hydrogens is 389 g/mol. The fraction of sp³-hybridized carbons (Fsp3) is 0.368. The zero-order valence-electron chi connectivity index (χ0n) is 15.2. The molecule has 1 atom stereocenters.